The van der Waals surface area contributed by atoms with Gasteiger partial charge in [-0.15, -0.1) is 0 Å². The number of benzene rings is 2. The van der Waals surface area contributed by atoms with Crippen molar-refractivity contribution in [1.82, 2.24) is 0 Å². The van der Waals surface area contributed by atoms with Crippen LogP contribution >= 0.6 is 0 Å². The van der Waals surface area contributed by atoms with Crippen LogP contribution in [0.15, 0.2) is 42.5 Å². The van der Waals surface area contributed by atoms with Crippen molar-refractivity contribution in [2.24, 2.45) is 0 Å². The van der Waals surface area contributed by atoms with E-state index in [4.69, 9.17) is 9.47 Å². The highest BCUT2D eigenvalue weighted by molar-refractivity contribution is 5.91. The van der Waals surface area contributed by atoms with Gasteiger partial charge in [-0.2, -0.15) is 0 Å². The molecule has 0 radical (unpaired) electrons. The monoisotopic (exact) mass is 329 g/mol. The molecule has 2 aromatic carbocycles. The average Bonchev–Trinajstić information content (AvgIpc) is 2.52. The van der Waals surface area contributed by atoms with E-state index in [1.165, 1.54) is 19.2 Å². The quantitative estimate of drug-likeness (QED) is 0.476. The molecular formula is C18H19NO5. The minimum Gasteiger partial charge on any atom is -0.496 e. The summed E-state index contributed by atoms with van der Waals surface area (Å²) in [7, 11) is 1.44. The van der Waals surface area contributed by atoms with Crippen LogP contribution in [0.4, 0.5) is 5.69 Å². The maximum atomic E-state index is 12.2. The number of esters is 1. The van der Waals surface area contributed by atoms with Crippen molar-refractivity contribution in [3.05, 3.63) is 58.1 Å². The summed E-state index contributed by atoms with van der Waals surface area (Å²) in [6.07, 6.45) is 0. The first kappa shape index (κ1) is 17.5. The van der Waals surface area contributed by atoms with Crippen LogP contribution in [-0.4, -0.2) is 23.6 Å². The number of methoxy groups -OCH3 is 1. The van der Waals surface area contributed by atoms with E-state index < -0.39 is 16.5 Å². The predicted octanol–water partition coefficient (Wildman–Crippen LogP) is 4.23. The first-order valence-electron chi connectivity index (χ1n) is 7.37. The van der Waals surface area contributed by atoms with Gasteiger partial charge in [-0.25, -0.2) is 4.79 Å². The highest BCUT2D eigenvalue weighted by Crippen LogP contribution is 2.33. The molecule has 0 saturated heterocycles. The minimum absolute atomic E-state index is 0.0566. The third kappa shape index (κ3) is 4.10. The molecule has 0 amide bonds. The van der Waals surface area contributed by atoms with E-state index in [2.05, 4.69) is 0 Å². The predicted molar refractivity (Wildman–Crippen MR) is 90.3 cm³/mol. The molecule has 2 aromatic rings. The Balaban J connectivity index is 2.42. The van der Waals surface area contributed by atoms with E-state index >= 15 is 0 Å². The Kier molecular flexibility index (Phi) is 4.87. The summed E-state index contributed by atoms with van der Waals surface area (Å²) in [5.41, 5.74) is 1.14. The molecule has 0 unspecified atom stereocenters. The maximum Gasteiger partial charge on any atom is 0.338 e. The van der Waals surface area contributed by atoms with Crippen LogP contribution < -0.4 is 4.74 Å². The Bertz CT molecular complexity index is 777. The van der Waals surface area contributed by atoms with Crippen LogP contribution in [0.1, 0.15) is 31.1 Å². The van der Waals surface area contributed by atoms with Gasteiger partial charge in [0, 0.05) is 11.6 Å². The fourth-order valence-corrected chi connectivity index (χ4v) is 2.18. The molecule has 0 aliphatic carbocycles. The zero-order valence-electron chi connectivity index (χ0n) is 14.0. The largest absolute Gasteiger partial charge is 0.496 e. The topological polar surface area (TPSA) is 78.7 Å². The van der Waals surface area contributed by atoms with E-state index in [1.54, 1.807) is 51.1 Å². The smallest absolute Gasteiger partial charge is 0.338 e. The second-order valence-electron chi connectivity index (χ2n) is 6.22. The SMILES string of the molecule is COc1cc([N+](=O)[O-])ccc1-c1cccc(C(=O)OC(C)(C)C)c1. The lowest BCUT2D eigenvalue weighted by Crippen LogP contribution is -2.23. The van der Waals surface area contributed by atoms with E-state index in [9.17, 15) is 14.9 Å². The van der Waals surface area contributed by atoms with Gasteiger partial charge < -0.3 is 9.47 Å². The number of hydrogen-bond donors (Lipinski definition) is 0. The van der Waals surface area contributed by atoms with Gasteiger partial charge in [-0.3, -0.25) is 10.1 Å². The lowest BCUT2D eigenvalue weighted by atomic mass is 10.0. The van der Waals surface area contributed by atoms with Gasteiger partial charge in [0.05, 0.1) is 23.7 Å². The Morgan fingerprint density at radius 1 is 1.12 bits per heavy atom. The van der Waals surface area contributed by atoms with Gasteiger partial charge >= 0.3 is 5.97 Å². The molecule has 0 N–H and O–H groups in total. The molecule has 6 heteroatoms. The number of carbonyl (C=O) groups excluding carboxylic acids is 1. The molecule has 0 bridgehead atoms. The summed E-state index contributed by atoms with van der Waals surface area (Å²) in [4.78, 5) is 22.6. The van der Waals surface area contributed by atoms with Crippen molar-refractivity contribution in [2.75, 3.05) is 7.11 Å². The number of hydrogen-bond acceptors (Lipinski definition) is 5. The molecule has 0 heterocycles. The average molecular weight is 329 g/mol. The van der Waals surface area contributed by atoms with Gasteiger partial charge in [-0.1, -0.05) is 12.1 Å². The first-order valence-corrected chi connectivity index (χ1v) is 7.37. The number of nitro groups is 1. The van der Waals surface area contributed by atoms with Crippen molar-refractivity contribution >= 4 is 11.7 Å². The zero-order valence-corrected chi connectivity index (χ0v) is 14.0. The summed E-state index contributed by atoms with van der Waals surface area (Å²) < 4.78 is 10.6. The third-order valence-corrected chi connectivity index (χ3v) is 3.20. The summed E-state index contributed by atoms with van der Waals surface area (Å²) >= 11 is 0. The molecule has 0 aliphatic heterocycles. The lowest BCUT2D eigenvalue weighted by molar-refractivity contribution is -0.384. The molecular weight excluding hydrogens is 310 g/mol. The van der Waals surface area contributed by atoms with Gasteiger partial charge in [0.2, 0.25) is 0 Å². The van der Waals surface area contributed by atoms with Crippen LogP contribution in [0, 0.1) is 10.1 Å². The summed E-state index contributed by atoms with van der Waals surface area (Å²) in [6, 6.07) is 11.2. The molecule has 0 aliphatic rings. The highest BCUT2D eigenvalue weighted by Gasteiger charge is 2.19. The molecule has 24 heavy (non-hydrogen) atoms. The van der Waals surface area contributed by atoms with E-state index in [1.807, 2.05) is 0 Å². The molecule has 6 nitrogen and oxygen atoms in total. The van der Waals surface area contributed by atoms with Gasteiger partial charge in [-0.05, 0) is 44.5 Å². The second kappa shape index (κ2) is 6.70. The van der Waals surface area contributed by atoms with Crippen molar-refractivity contribution in [3.63, 3.8) is 0 Å². The zero-order chi connectivity index (χ0) is 17.9. The Labute approximate surface area is 140 Å². The molecule has 0 atom stereocenters. The lowest BCUT2D eigenvalue weighted by Gasteiger charge is -2.19. The van der Waals surface area contributed by atoms with Crippen molar-refractivity contribution in [2.45, 2.75) is 26.4 Å². The highest BCUT2D eigenvalue weighted by atomic mass is 16.6. The molecule has 0 spiro atoms. The molecule has 0 aromatic heterocycles. The fourth-order valence-electron chi connectivity index (χ4n) is 2.18. The van der Waals surface area contributed by atoms with Gasteiger partial charge in [0.1, 0.15) is 11.4 Å². The Morgan fingerprint density at radius 2 is 1.83 bits per heavy atom. The van der Waals surface area contributed by atoms with E-state index in [0.717, 1.165) is 0 Å². The van der Waals surface area contributed by atoms with Crippen LogP contribution in [0.5, 0.6) is 5.75 Å². The van der Waals surface area contributed by atoms with Gasteiger partial charge in [0.15, 0.2) is 0 Å². The first-order chi connectivity index (χ1) is 11.2. The fraction of sp³-hybridized carbons (Fsp3) is 0.278. The standard InChI is InChI=1S/C18H19NO5/c1-18(2,3)24-17(20)13-7-5-6-12(10-13)15-9-8-14(19(21)22)11-16(15)23-4/h5-11H,1-4H3. The third-order valence-electron chi connectivity index (χ3n) is 3.20. The number of nitro benzene ring substituents is 1. The summed E-state index contributed by atoms with van der Waals surface area (Å²) in [6.45, 7) is 5.40. The minimum atomic E-state index is -0.585. The number of non-ortho nitro benzene ring substituents is 1. The summed E-state index contributed by atoms with van der Waals surface area (Å²) in [5.74, 6) is -0.0595. The van der Waals surface area contributed by atoms with Crippen LogP contribution in [0.2, 0.25) is 0 Å². The molecule has 126 valence electrons. The number of carbonyl (C=O) groups is 1. The van der Waals surface area contributed by atoms with Crippen molar-refractivity contribution < 1.29 is 19.2 Å². The van der Waals surface area contributed by atoms with E-state index in [0.29, 0.717) is 22.4 Å². The molecule has 2 rings (SSSR count). The van der Waals surface area contributed by atoms with Crippen molar-refractivity contribution in [1.29, 1.82) is 0 Å². The molecule has 0 saturated carbocycles. The van der Waals surface area contributed by atoms with Crippen LogP contribution in [0.3, 0.4) is 0 Å². The summed E-state index contributed by atoms with van der Waals surface area (Å²) in [5, 5.41) is 10.9. The number of rotatable bonds is 4. The number of ether oxygens (including phenoxy) is 2. The maximum absolute atomic E-state index is 12.2. The molecule has 0 fully saturated rings. The Hall–Kier alpha value is -2.89. The normalized spacial score (nSPS) is 11.0. The number of nitrogens with zero attached hydrogens (tertiary/aromatic N) is 1. The van der Waals surface area contributed by atoms with Gasteiger partial charge in [0.25, 0.3) is 5.69 Å². The second-order valence-corrected chi connectivity index (χ2v) is 6.22. The van der Waals surface area contributed by atoms with Crippen LogP contribution in [-0.2, 0) is 4.74 Å². The van der Waals surface area contributed by atoms with E-state index in [-0.39, 0.29) is 5.69 Å². The van der Waals surface area contributed by atoms with Crippen molar-refractivity contribution in [3.8, 4) is 16.9 Å². The van der Waals surface area contributed by atoms with Crippen LogP contribution in [0.25, 0.3) is 11.1 Å². The Morgan fingerprint density at radius 3 is 2.42 bits per heavy atom.